The van der Waals surface area contributed by atoms with Gasteiger partial charge in [0.05, 0.1) is 12.7 Å². The van der Waals surface area contributed by atoms with Gasteiger partial charge in [0.1, 0.15) is 0 Å². The fourth-order valence-electron chi connectivity index (χ4n) is 2.07. The first-order chi connectivity index (χ1) is 6.48. The number of hydrogen-bond acceptors (Lipinski definition) is 1. The predicted molar refractivity (Wildman–Crippen MR) is 58.2 cm³/mol. The average molecular weight is 190 g/mol. The second-order valence-electron chi connectivity index (χ2n) is 5.26. The zero-order valence-electron chi connectivity index (χ0n) is 9.42. The molecule has 1 nitrogen and oxygen atoms in total. The maximum Gasteiger partial charge on any atom is 0.0881 e. The molecule has 0 radical (unpaired) electrons. The summed E-state index contributed by atoms with van der Waals surface area (Å²) in [4.78, 5) is 0. The Balaban J connectivity index is 2.43. The molecule has 1 heterocycles. The molecule has 0 spiro atoms. The second-order valence-corrected chi connectivity index (χ2v) is 5.26. The molecule has 0 saturated heterocycles. The molecule has 2 rings (SSSR count). The van der Waals surface area contributed by atoms with Gasteiger partial charge in [0.25, 0.3) is 0 Å². The van der Waals surface area contributed by atoms with Crippen molar-refractivity contribution in [2.24, 2.45) is 5.41 Å². The Morgan fingerprint density at radius 3 is 2.64 bits per heavy atom. The third-order valence-electron chi connectivity index (χ3n) is 2.78. The summed E-state index contributed by atoms with van der Waals surface area (Å²) in [6, 6.07) is 6.61. The number of hydrogen-bond donors (Lipinski definition) is 0. The van der Waals surface area contributed by atoms with Crippen LogP contribution in [0.1, 0.15) is 43.6 Å². The van der Waals surface area contributed by atoms with Gasteiger partial charge in [-0.3, -0.25) is 0 Å². The van der Waals surface area contributed by atoms with Gasteiger partial charge in [-0.15, -0.1) is 0 Å². The van der Waals surface area contributed by atoms with Crippen molar-refractivity contribution in [3.8, 4) is 0 Å². The van der Waals surface area contributed by atoms with Crippen molar-refractivity contribution in [1.29, 1.82) is 0 Å². The van der Waals surface area contributed by atoms with E-state index in [1.54, 1.807) is 0 Å². The molecule has 0 aromatic heterocycles. The molecule has 1 unspecified atom stereocenters. The Hall–Kier alpha value is -0.820. The van der Waals surface area contributed by atoms with Gasteiger partial charge in [-0.25, -0.2) is 0 Å². The highest BCUT2D eigenvalue weighted by Gasteiger charge is 2.33. The Labute approximate surface area is 86.1 Å². The lowest BCUT2D eigenvalue weighted by Gasteiger charge is -2.26. The zero-order valence-corrected chi connectivity index (χ0v) is 9.42. The molecule has 1 aromatic rings. The molecule has 0 aliphatic carbocycles. The Kier molecular flexibility index (Phi) is 2.15. The van der Waals surface area contributed by atoms with E-state index < -0.39 is 0 Å². The molecule has 1 aromatic carbocycles. The van der Waals surface area contributed by atoms with E-state index in [1.165, 1.54) is 16.7 Å². The molecular weight excluding hydrogens is 172 g/mol. The summed E-state index contributed by atoms with van der Waals surface area (Å²) >= 11 is 0. The van der Waals surface area contributed by atoms with Crippen LogP contribution in [0.25, 0.3) is 0 Å². The predicted octanol–water partition coefficient (Wildman–Crippen LogP) is 3.61. The van der Waals surface area contributed by atoms with Gasteiger partial charge in [-0.1, -0.05) is 44.5 Å². The minimum absolute atomic E-state index is 0.193. The van der Waals surface area contributed by atoms with Crippen LogP contribution in [0.4, 0.5) is 0 Å². The Morgan fingerprint density at radius 2 is 2.00 bits per heavy atom. The van der Waals surface area contributed by atoms with E-state index in [9.17, 15) is 0 Å². The minimum Gasteiger partial charge on any atom is -0.368 e. The molecule has 0 saturated carbocycles. The van der Waals surface area contributed by atoms with E-state index in [1.807, 2.05) is 0 Å². The van der Waals surface area contributed by atoms with Gasteiger partial charge in [0.2, 0.25) is 0 Å². The monoisotopic (exact) mass is 190 g/mol. The number of ether oxygens (including phenoxy) is 1. The summed E-state index contributed by atoms with van der Waals surface area (Å²) in [6.07, 6.45) is 0.261. The highest BCUT2D eigenvalue weighted by atomic mass is 16.5. The van der Waals surface area contributed by atoms with Crippen LogP contribution < -0.4 is 0 Å². The van der Waals surface area contributed by atoms with Gasteiger partial charge in [0, 0.05) is 0 Å². The van der Waals surface area contributed by atoms with Gasteiger partial charge >= 0.3 is 0 Å². The lowest BCUT2D eigenvalue weighted by atomic mass is 9.84. The summed E-state index contributed by atoms with van der Waals surface area (Å²) in [6.45, 7) is 9.61. The Morgan fingerprint density at radius 1 is 1.29 bits per heavy atom. The van der Waals surface area contributed by atoms with Crippen LogP contribution in [0.15, 0.2) is 18.2 Å². The van der Waals surface area contributed by atoms with E-state index in [-0.39, 0.29) is 11.5 Å². The molecule has 76 valence electrons. The quantitative estimate of drug-likeness (QED) is 0.607. The van der Waals surface area contributed by atoms with E-state index in [0.29, 0.717) is 0 Å². The van der Waals surface area contributed by atoms with Crippen LogP contribution in [0, 0.1) is 12.3 Å². The van der Waals surface area contributed by atoms with Crippen molar-refractivity contribution in [1.82, 2.24) is 0 Å². The van der Waals surface area contributed by atoms with E-state index in [2.05, 4.69) is 45.9 Å². The third-order valence-corrected chi connectivity index (χ3v) is 2.78. The zero-order chi connectivity index (χ0) is 10.3. The number of benzene rings is 1. The number of fused-ring (bicyclic) bond motifs is 1. The van der Waals surface area contributed by atoms with Crippen LogP contribution in [0.3, 0.4) is 0 Å². The van der Waals surface area contributed by atoms with Gasteiger partial charge < -0.3 is 4.74 Å². The van der Waals surface area contributed by atoms with Gasteiger partial charge in [-0.05, 0) is 23.5 Å². The molecule has 14 heavy (non-hydrogen) atoms. The standard InChI is InChI=1S/C13H18O/c1-9-5-6-10-8-14-12(11(10)7-9)13(2,3)4/h5-7,12H,8H2,1-4H3. The highest BCUT2D eigenvalue weighted by molar-refractivity contribution is 5.36. The maximum atomic E-state index is 5.84. The Bertz CT molecular complexity index is 347. The second kappa shape index (κ2) is 3.09. The fraction of sp³-hybridized carbons (Fsp3) is 0.538. The topological polar surface area (TPSA) is 9.23 Å². The molecule has 1 aliphatic rings. The first-order valence-corrected chi connectivity index (χ1v) is 5.19. The smallest absolute Gasteiger partial charge is 0.0881 e. The summed E-state index contributed by atoms with van der Waals surface area (Å²) in [5.41, 5.74) is 4.26. The molecule has 1 heteroatoms. The van der Waals surface area contributed by atoms with Gasteiger partial charge in [0.15, 0.2) is 0 Å². The molecule has 0 N–H and O–H groups in total. The summed E-state index contributed by atoms with van der Waals surface area (Å²) < 4.78 is 5.84. The largest absolute Gasteiger partial charge is 0.368 e. The lowest BCUT2D eigenvalue weighted by molar-refractivity contribution is -0.00790. The SMILES string of the molecule is Cc1ccc2c(c1)C(C(C)(C)C)OC2. The molecule has 1 atom stereocenters. The van der Waals surface area contributed by atoms with Crippen molar-refractivity contribution < 1.29 is 4.74 Å². The van der Waals surface area contributed by atoms with Crippen molar-refractivity contribution in [3.63, 3.8) is 0 Å². The third kappa shape index (κ3) is 1.57. The van der Waals surface area contributed by atoms with E-state index in [4.69, 9.17) is 4.74 Å². The minimum atomic E-state index is 0.193. The van der Waals surface area contributed by atoms with Crippen LogP contribution in [-0.2, 0) is 11.3 Å². The van der Waals surface area contributed by atoms with Crippen LogP contribution in [0.5, 0.6) is 0 Å². The number of rotatable bonds is 0. The number of aryl methyl sites for hydroxylation is 1. The van der Waals surface area contributed by atoms with Crippen LogP contribution in [-0.4, -0.2) is 0 Å². The molecular formula is C13H18O. The summed E-state index contributed by atoms with van der Waals surface area (Å²) in [5, 5.41) is 0. The molecule has 1 aliphatic heterocycles. The summed E-state index contributed by atoms with van der Waals surface area (Å²) in [7, 11) is 0. The fourth-order valence-corrected chi connectivity index (χ4v) is 2.07. The maximum absolute atomic E-state index is 5.84. The van der Waals surface area contributed by atoms with E-state index in [0.717, 1.165) is 6.61 Å². The van der Waals surface area contributed by atoms with Crippen molar-refractivity contribution >= 4 is 0 Å². The lowest BCUT2D eigenvalue weighted by Crippen LogP contribution is -2.17. The van der Waals surface area contributed by atoms with Crippen LogP contribution >= 0.6 is 0 Å². The first kappa shape index (κ1) is 9.72. The summed E-state index contributed by atoms with van der Waals surface area (Å²) in [5.74, 6) is 0. The van der Waals surface area contributed by atoms with Gasteiger partial charge in [-0.2, -0.15) is 0 Å². The molecule has 0 amide bonds. The normalized spacial score (nSPS) is 21.0. The average Bonchev–Trinajstić information content (AvgIpc) is 2.45. The molecule has 0 bridgehead atoms. The first-order valence-electron chi connectivity index (χ1n) is 5.19. The highest BCUT2D eigenvalue weighted by Crippen LogP contribution is 2.42. The van der Waals surface area contributed by atoms with Crippen molar-refractivity contribution in [2.75, 3.05) is 0 Å². The van der Waals surface area contributed by atoms with Crippen LogP contribution in [0.2, 0.25) is 0 Å². The van der Waals surface area contributed by atoms with Crippen molar-refractivity contribution in [2.45, 2.75) is 40.4 Å². The van der Waals surface area contributed by atoms with E-state index >= 15 is 0 Å². The molecule has 0 fully saturated rings. The van der Waals surface area contributed by atoms with Crippen molar-refractivity contribution in [3.05, 3.63) is 34.9 Å².